The first-order valence-electron chi connectivity index (χ1n) is 10.4. The normalized spacial score (nSPS) is 15.9. The predicted molar refractivity (Wildman–Crippen MR) is 124 cm³/mol. The molecule has 2 N–H and O–H groups in total. The second-order valence-corrected chi connectivity index (χ2v) is 7.87. The first-order valence-corrected chi connectivity index (χ1v) is 10.8. The van der Waals surface area contributed by atoms with E-state index in [4.69, 9.17) is 16.3 Å². The van der Waals surface area contributed by atoms with Crippen LogP contribution in [-0.4, -0.2) is 72.9 Å². The summed E-state index contributed by atoms with van der Waals surface area (Å²) in [6, 6.07) is 10.7. The molecule has 1 aromatic heterocycles. The number of β-amino-alcohol motifs (C(OH)–C–C–N with tert-alkyl or cyclic N) is 1. The molecule has 0 aliphatic carbocycles. The molecule has 1 aliphatic rings. The number of aromatic nitrogens is 1. The minimum absolute atomic E-state index is 0.263. The zero-order chi connectivity index (χ0) is 22.1. The summed E-state index contributed by atoms with van der Waals surface area (Å²) >= 11 is 6.09. The molecule has 8 heteroatoms. The highest BCUT2D eigenvalue weighted by molar-refractivity contribution is 6.34. The van der Waals surface area contributed by atoms with E-state index in [1.807, 2.05) is 12.1 Å². The number of carbonyl (C=O) groups excluding carboxylic acids is 1. The first kappa shape index (κ1) is 23.2. The van der Waals surface area contributed by atoms with Gasteiger partial charge in [0.15, 0.2) is 0 Å². The highest BCUT2D eigenvalue weighted by Gasteiger charge is 2.18. The fourth-order valence-corrected chi connectivity index (χ4v) is 3.73. The Balaban J connectivity index is 1.51. The summed E-state index contributed by atoms with van der Waals surface area (Å²) in [4.78, 5) is 21.4. The average Bonchev–Trinajstić information content (AvgIpc) is 3.00. The Bertz CT molecular complexity index is 862. The third kappa shape index (κ3) is 7.04. The Hall–Kier alpha value is -2.45. The maximum absolute atomic E-state index is 12.4. The van der Waals surface area contributed by atoms with Crippen LogP contribution in [0.25, 0.3) is 0 Å². The molecule has 1 aliphatic heterocycles. The van der Waals surface area contributed by atoms with Crippen molar-refractivity contribution in [1.29, 1.82) is 0 Å². The van der Waals surface area contributed by atoms with Gasteiger partial charge in [-0.1, -0.05) is 29.8 Å². The van der Waals surface area contributed by atoms with Crippen LogP contribution in [0.2, 0.25) is 5.02 Å². The van der Waals surface area contributed by atoms with Gasteiger partial charge in [-0.05, 0) is 37.2 Å². The third-order valence-electron chi connectivity index (χ3n) is 5.05. The molecule has 1 saturated heterocycles. The SMILES string of the molecule is C=CCOCC(O)CN1CCCN(c2ccc(NC(=O)c3ccccc3Cl)cn2)CC1. The van der Waals surface area contributed by atoms with Crippen molar-refractivity contribution in [3.8, 4) is 0 Å². The lowest BCUT2D eigenvalue weighted by atomic mass is 10.2. The van der Waals surface area contributed by atoms with Crippen molar-refractivity contribution < 1.29 is 14.6 Å². The minimum Gasteiger partial charge on any atom is -0.389 e. The van der Waals surface area contributed by atoms with Crippen LogP contribution in [0.3, 0.4) is 0 Å². The van der Waals surface area contributed by atoms with Crippen LogP contribution in [0.15, 0.2) is 55.3 Å². The molecule has 1 unspecified atom stereocenters. The van der Waals surface area contributed by atoms with Gasteiger partial charge in [0.1, 0.15) is 5.82 Å². The Morgan fingerprint density at radius 3 is 2.84 bits per heavy atom. The van der Waals surface area contributed by atoms with Gasteiger partial charge in [0, 0.05) is 26.2 Å². The molecule has 0 radical (unpaired) electrons. The number of nitrogens with zero attached hydrogens (tertiary/aromatic N) is 3. The number of hydrogen-bond donors (Lipinski definition) is 2. The Morgan fingerprint density at radius 1 is 1.26 bits per heavy atom. The van der Waals surface area contributed by atoms with Crippen LogP contribution >= 0.6 is 11.6 Å². The monoisotopic (exact) mass is 444 g/mol. The number of aliphatic hydroxyl groups excluding tert-OH is 1. The van der Waals surface area contributed by atoms with E-state index >= 15 is 0 Å². The lowest BCUT2D eigenvalue weighted by Gasteiger charge is -2.24. The van der Waals surface area contributed by atoms with Gasteiger partial charge in [0.2, 0.25) is 0 Å². The van der Waals surface area contributed by atoms with E-state index in [-0.39, 0.29) is 5.91 Å². The maximum Gasteiger partial charge on any atom is 0.257 e. The highest BCUT2D eigenvalue weighted by Crippen LogP contribution is 2.19. The number of nitrogens with one attached hydrogen (secondary N) is 1. The standard InChI is InChI=1S/C23H29ClN4O3/c1-2-14-31-17-19(29)16-27-10-5-11-28(13-12-27)22-9-8-18(15-25-22)26-23(30)20-6-3-4-7-21(20)24/h2-4,6-9,15,19,29H,1,5,10-14,16-17H2,(H,26,30). The molecule has 0 saturated carbocycles. The highest BCUT2D eigenvalue weighted by atomic mass is 35.5. The van der Waals surface area contributed by atoms with Crippen LogP contribution in [-0.2, 0) is 4.74 Å². The fourth-order valence-electron chi connectivity index (χ4n) is 3.51. The Labute approximate surface area is 188 Å². The van der Waals surface area contributed by atoms with Gasteiger partial charge in [-0.25, -0.2) is 4.98 Å². The maximum atomic E-state index is 12.4. The molecule has 0 spiro atoms. The third-order valence-corrected chi connectivity index (χ3v) is 5.38. The van der Waals surface area contributed by atoms with Crippen molar-refractivity contribution in [1.82, 2.24) is 9.88 Å². The van der Waals surface area contributed by atoms with Crippen LogP contribution in [0.1, 0.15) is 16.8 Å². The van der Waals surface area contributed by atoms with Gasteiger partial charge < -0.3 is 20.1 Å². The number of amides is 1. The number of aliphatic hydroxyl groups is 1. The van der Waals surface area contributed by atoms with Crippen molar-refractivity contribution in [2.45, 2.75) is 12.5 Å². The number of anilines is 2. The van der Waals surface area contributed by atoms with E-state index in [0.717, 1.165) is 38.4 Å². The molecule has 2 aromatic rings. The van der Waals surface area contributed by atoms with Crippen molar-refractivity contribution >= 4 is 29.0 Å². The molecule has 1 aromatic carbocycles. The summed E-state index contributed by atoms with van der Waals surface area (Å²) < 4.78 is 5.33. The smallest absolute Gasteiger partial charge is 0.257 e. The quantitative estimate of drug-likeness (QED) is 0.457. The number of halogens is 1. The zero-order valence-corrected chi connectivity index (χ0v) is 18.3. The number of ether oxygens (including phenoxy) is 1. The summed E-state index contributed by atoms with van der Waals surface area (Å²) in [5.41, 5.74) is 1.05. The van der Waals surface area contributed by atoms with Gasteiger partial charge >= 0.3 is 0 Å². The molecule has 166 valence electrons. The van der Waals surface area contributed by atoms with Gasteiger partial charge in [-0.2, -0.15) is 0 Å². The first-order chi connectivity index (χ1) is 15.1. The minimum atomic E-state index is -0.509. The largest absolute Gasteiger partial charge is 0.389 e. The van der Waals surface area contributed by atoms with Crippen molar-refractivity contribution in [3.05, 3.63) is 65.8 Å². The molecule has 1 atom stereocenters. The predicted octanol–water partition coefficient (Wildman–Crippen LogP) is 3.06. The lowest BCUT2D eigenvalue weighted by molar-refractivity contribution is 0.0275. The fraction of sp³-hybridized carbons (Fsp3) is 0.391. The summed E-state index contributed by atoms with van der Waals surface area (Å²) in [5.74, 6) is 0.605. The Kier molecular flexibility index (Phi) is 8.85. The molecule has 0 bridgehead atoms. The van der Waals surface area contributed by atoms with Gasteiger partial charge in [-0.3, -0.25) is 9.69 Å². The van der Waals surface area contributed by atoms with Crippen molar-refractivity contribution in [2.75, 3.05) is 56.2 Å². The zero-order valence-electron chi connectivity index (χ0n) is 17.5. The molecular weight excluding hydrogens is 416 g/mol. The van der Waals surface area contributed by atoms with E-state index in [1.165, 1.54) is 0 Å². The molecular formula is C23H29ClN4O3. The molecule has 1 amide bonds. The van der Waals surface area contributed by atoms with Crippen LogP contribution in [0.5, 0.6) is 0 Å². The van der Waals surface area contributed by atoms with Crippen LogP contribution in [0, 0.1) is 0 Å². The van der Waals surface area contributed by atoms with E-state index in [0.29, 0.717) is 36.0 Å². The van der Waals surface area contributed by atoms with Gasteiger partial charge in [0.05, 0.1) is 41.8 Å². The summed E-state index contributed by atoms with van der Waals surface area (Å²) in [6.07, 6.45) is 3.81. The number of pyridine rings is 1. The lowest BCUT2D eigenvalue weighted by Crippen LogP contribution is -2.37. The molecule has 7 nitrogen and oxygen atoms in total. The molecule has 1 fully saturated rings. The van der Waals surface area contributed by atoms with E-state index in [2.05, 4.69) is 26.7 Å². The van der Waals surface area contributed by atoms with Crippen LogP contribution < -0.4 is 10.2 Å². The average molecular weight is 445 g/mol. The van der Waals surface area contributed by atoms with E-state index in [1.54, 1.807) is 36.5 Å². The summed E-state index contributed by atoms with van der Waals surface area (Å²) in [5, 5.41) is 13.4. The number of carbonyl (C=O) groups is 1. The van der Waals surface area contributed by atoms with Crippen molar-refractivity contribution in [2.24, 2.45) is 0 Å². The second kappa shape index (κ2) is 11.8. The Morgan fingerprint density at radius 2 is 2.10 bits per heavy atom. The molecule has 31 heavy (non-hydrogen) atoms. The summed E-state index contributed by atoms with van der Waals surface area (Å²) in [7, 11) is 0. The second-order valence-electron chi connectivity index (χ2n) is 7.46. The number of hydrogen-bond acceptors (Lipinski definition) is 6. The number of rotatable bonds is 9. The van der Waals surface area contributed by atoms with Gasteiger partial charge in [0.25, 0.3) is 5.91 Å². The molecule has 2 heterocycles. The van der Waals surface area contributed by atoms with E-state index < -0.39 is 6.10 Å². The summed E-state index contributed by atoms with van der Waals surface area (Å²) in [6.45, 7) is 8.42. The van der Waals surface area contributed by atoms with Gasteiger partial charge in [-0.15, -0.1) is 6.58 Å². The van der Waals surface area contributed by atoms with Crippen LogP contribution in [0.4, 0.5) is 11.5 Å². The van der Waals surface area contributed by atoms with E-state index in [9.17, 15) is 9.90 Å². The topological polar surface area (TPSA) is 77.9 Å². The van der Waals surface area contributed by atoms with Crippen molar-refractivity contribution in [3.63, 3.8) is 0 Å². The number of benzene rings is 1. The molecule has 3 rings (SSSR count).